The molecule has 0 heterocycles. The van der Waals surface area contributed by atoms with Crippen molar-refractivity contribution >= 4 is 17.6 Å². The van der Waals surface area contributed by atoms with Gasteiger partial charge >= 0.3 is 5.97 Å². The fourth-order valence-electron chi connectivity index (χ4n) is 2.60. The van der Waals surface area contributed by atoms with Gasteiger partial charge < -0.3 is 14.9 Å². The first-order chi connectivity index (χ1) is 10.8. The summed E-state index contributed by atoms with van der Waals surface area (Å²) in [5.41, 5.74) is 3.41. The second kappa shape index (κ2) is 6.92. The highest BCUT2D eigenvalue weighted by molar-refractivity contribution is 6.32. The molecule has 0 saturated heterocycles. The van der Waals surface area contributed by atoms with E-state index in [1.165, 1.54) is 7.11 Å². The molecule has 2 rings (SSSR count). The molecular formula is C18H19ClO4. The normalized spacial score (nSPS) is 12.0. The smallest absolute Gasteiger partial charge is 0.311 e. The number of methoxy groups -OCH3 is 1. The van der Waals surface area contributed by atoms with E-state index in [2.05, 4.69) is 0 Å². The van der Waals surface area contributed by atoms with Crippen molar-refractivity contribution in [3.8, 4) is 11.5 Å². The summed E-state index contributed by atoms with van der Waals surface area (Å²) in [6.45, 7) is 3.83. The molecule has 0 amide bonds. The van der Waals surface area contributed by atoms with Gasteiger partial charge in [0.25, 0.3) is 0 Å². The summed E-state index contributed by atoms with van der Waals surface area (Å²) in [7, 11) is 1.43. The lowest BCUT2D eigenvalue weighted by Crippen LogP contribution is -2.16. The molecule has 0 aliphatic carbocycles. The highest BCUT2D eigenvalue weighted by Gasteiger charge is 2.23. The predicted octanol–water partition coefficient (Wildman–Crippen LogP) is 4.08. The Labute approximate surface area is 140 Å². The maximum absolute atomic E-state index is 11.8. The molecule has 4 nitrogen and oxygen atoms in total. The third-order valence-electron chi connectivity index (χ3n) is 3.86. The average Bonchev–Trinajstić information content (AvgIpc) is 2.50. The van der Waals surface area contributed by atoms with Gasteiger partial charge in [0.2, 0.25) is 0 Å². The Morgan fingerprint density at radius 2 is 1.96 bits per heavy atom. The summed E-state index contributed by atoms with van der Waals surface area (Å²) >= 11 is 5.99. The number of aromatic hydroxyl groups is 1. The number of hydrogen-bond donors (Lipinski definition) is 2. The molecule has 23 heavy (non-hydrogen) atoms. The van der Waals surface area contributed by atoms with Gasteiger partial charge in [-0.15, -0.1) is 0 Å². The molecule has 1 unspecified atom stereocenters. The Morgan fingerprint density at radius 1 is 1.26 bits per heavy atom. The van der Waals surface area contributed by atoms with Crippen LogP contribution >= 0.6 is 11.6 Å². The fourth-order valence-corrected chi connectivity index (χ4v) is 2.84. The molecule has 0 radical (unpaired) electrons. The maximum atomic E-state index is 11.8. The van der Waals surface area contributed by atoms with Gasteiger partial charge in [-0.1, -0.05) is 35.4 Å². The second-order valence-corrected chi connectivity index (χ2v) is 5.99. The molecule has 0 aromatic heterocycles. The van der Waals surface area contributed by atoms with Gasteiger partial charge in [0.15, 0.2) is 11.5 Å². The number of ether oxygens (including phenoxy) is 1. The lowest BCUT2D eigenvalue weighted by molar-refractivity contribution is -0.138. The number of carboxylic acids is 1. The fraction of sp³-hybridized carbons (Fsp3) is 0.278. The molecule has 0 saturated carbocycles. The van der Waals surface area contributed by atoms with Crippen molar-refractivity contribution in [1.82, 2.24) is 0 Å². The summed E-state index contributed by atoms with van der Waals surface area (Å²) in [6, 6.07) is 8.96. The van der Waals surface area contributed by atoms with Crippen LogP contribution in [-0.2, 0) is 11.2 Å². The highest BCUT2D eigenvalue weighted by atomic mass is 35.5. The first-order valence-electron chi connectivity index (χ1n) is 7.18. The molecule has 2 aromatic rings. The molecule has 0 fully saturated rings. The Morgan fingerprint density at radius 3 is 2.57 bits per heavy atom. The van der Waals surface area contributed by atoms with Crippen molar-refractivity contribution in [2.45, 2.75) is 26.2 Å². The summed E-state index contributed by atoms with van der Waals surface area (Å²) < 4.78 is 5.08. The summed E-state index contributed by atoms with van der Waals surface area (Å²) in [5.74, 6) is -1.50. The van der Waals surface area contributed by atoms with Crippen LogP contribution in [0.2, 0.25) is 5.02 Å². The van der Waals surface area contributed by atoms with E-state index in [4.69, 9.17) is 16.3 Å². The lowest BCUT2D eigenvalue weighted by atomic mass is 9.88. The zero-order valence-electron chi connectivity index (χ0n) is 13.3. The van der Waals surface area contributed by atoms with Crippen molar-refractivity contribution in [3.05, 3.63) is 57.6 Å². The van der Waals surface area contributed by atoms with E-state index in [1.807, 2.05) is 32.0 Å². The zero-order chi connectivity index (χ0) is 17.1. The SMILES string of the molecule is COc1cc(CC(C(=O)O)c2cc(C)ccc2C)cc(Cl)c1O. The number of phenolic OH excluding ortho intramolecular Hbond substituents is 1. The van der Waals surface area contributed by atoms with E-state index in [-0.39, 0.29) is 22.9 Å². The minimum atomic E-state index is -0.901. The Bertz CT molecular complexity index is 740. The third-order valence-corrected chi connectivity index (χ3v) is 4.14. The number of carboxylic acid groups (broad SMARTS) is 1. The molecular weight excluding hydrogens is 316 g/mol. The molecule has 122 valence electrons. The van der Waals surface area contributed by atoms with E-state index in [1.54, 1.807) is 12.1 Å². The zero-order valence-corrected chi connectivity index (χ0v) is 14.0. The molecule has 0 aliphatic heterocycles. The first-order valence-corrected chi connectivity index (χ1v) is 7.56. The van der Waals surface area contributed by atoms with Gasteiger partial charge in [0, 0.05) is 0 Å². The molecule has 2 aromatic carbocycles. The summed E-state index contributed by atoms with van der Waals surface area (Å²) in [5, 5.41) is 19.6. The number of aliphatic carboxylic acids is 1. The predicted molar refractivity (Wildman–Crippen MR) is 89.7 cm³/mol. The van der Waals surface area contributed by atoms with Gasteiger partial charge in [0.05, 0.1) is 18.1 Å². The van der Waals surface area contributed by atoms with Crippen LogP contribution < -0.4 is 4.74 Å². The number of halogens is 1. The topological polar surface area (TPSA) is 66.8 Å². The number of benzene rings is 2. The van der Waals surface area contributed by atoms with Crippen LogP contribution in [0.5, 0.6) is 11.5 Å². The molecule has 1 atom stereocenters. The van der Waals surface area contributed by atoms with Gasteiger partial charge in [-0.3, -0.25) is 4.79 Å². The number of rotatable bonds is 5. The van der Waals surface area contributed by atoms with Crippen LogP contribution in [0.25, 0.3) is 0 Å². The minimum Gasteiger partial charge on any atom is -0.503 e. The summed E-state index contributed by atoms with van der Waals surface area (Å²) in [4.78, 5) is 11.8. The Hall–Kier alpha value is -2.20. The van der Waals surface area contributed by atoms with Crippen molar-refractivity contribution < 1.29 is 19.7 Å². The van der Waals surface area contributed by atoms with E-state index in [9.17, 15) is 15.0 Å². The standard InChI is InChI=1S/C18H19ClO4/c1-10-4-5-11(2)13(6-10)14(18(21)22)7-12-8-15(19)17(20)16(9-12)23-3/h4-6,8-9,14,20H,7H2,1-3H3,(H,21,22). The Balaban J connectivity index is 2.43. The third kappa shape index (κ3) is 3.77. The van der Waals surface area contributed by atoms with Crippen molar-refractivity contribution in [2.24, 2.45) is 0 Å². The van der Waals surface area contributed by atoms with Gasteiger partial charge in [-0.25, -0.2) is 0 Å². The van der Waals surface area contributed by atoms with Crippen LogP contribution in [0.15, 0.2) is 30.3 Å². The molecule has 5 heteroatoms. The van der Waals surface area contributed by atoms with E-state index in [0.29, 0.717) is 5.56 Å². The second-order valence-electron chi connectivity index (χ2n) is 5.58. The minimum absolute atomic E-state index is 0.142. The van der Waals surface area contributed by atoms with E-state index in [0.717, 1.165) is 16.7 Å². The van der Waals surface area contributed by atoms with Gasteiger partial charge in [0.1, 0.15) is 0 Å². The molecule has 0 aliphatic rings. The van der Waals surface area contributed by atoms with Crippen LogP contribution in [0.3, 0.4) is 0 Å². The number of carbonyl (C=O) groups is 1. The van der Waals surface area contributed by atoms with Gasteiger partial charge in [-0.2, -0.15) is 0 Å². The van der Waals surface area contributed by atoms with E-state index < -0.39 is 11.9 Å². The molecule has 2 N–H and O–H groups in total. The highest BCUT2D eigenvalue weighted by Crippen LogP contribution is 2.36. The van der Waals surface area contributed by atoms with Crippen molar-refractivity contribution in [2.75, 3.05) is 7.11 Å². The quantitative estimate of drug-likeness (QED) is 0.864. The van der Waals surface area contributed by atoms with Crippen molar-refractivity contribution in [3.63, 3.8) is 0 Å². The van der Waals surface area contributed by atoms with Crippen LogP contribution in [0.1, 0.15) is 28.2 Å². The number of aryl methyl sites for hydroxylation is 2. The monoisotopic (exact) mass is 334 g/mol. The molecule has 0 bridgehead atoms. The number of hydrogen-bond acceptors (Lipinski definition) is 3. The van der Waals surface area contributed by atoms with Crippen LogP contribution in [0.4, 0.5) is 0 Å². The average molecular weight is 335 g/mol. The lowest BCUT2D eigenvalue weighted by Gasteiger charge is -2.17. The molecule has 0 spiro atoms. The van der Waals surface area contributed by atoms with Crippen molar-refractivity contribution in [1.29, 1.82) is 0 Å². The van der Waals surface area contributed by atoms with Gasteiger partial charge in [-0.05, 0) is 49.1 Å². The Kier molecular flexibility index (Phi) is 5.16. The largest absolute Gasteiger partial charge is 0.503 e. The number of phenols is 1. The van der Waals surface area contributed by atoms with Crippen LogP contribution in [0, 0.1) is 13.8 Å². The first kappa shape index (κ1) is 17.2. The summed E-state index contributed by atoms with van der Waals surface area (Å²) in [6.07, 6.45) is 0.260. The van der Waals surface area contributed by atoms with Crippen LogP contribution in [-0.4, -0.2) is 23.3 Å². The van der Waals surface area contributed by atoms with E-state index >= 15 is 0 Å². The maximum Gasteiger partial charge on any atom is 0.311 e.